The van der Waals surface area contributed by atoms with Crippen LogP contribution in [-0.2, 0) is 11.3 Å². The molecule has 0 aliphatic carbocycles. The van der Waals surface area contributed by atoms with Gasteiger partial charge in [-0.05, 0) is 42.7 Å². The fourth-order valence-electron chi connectivity index (χ4n) is 3.07. The third kappa shape index (κ3) is 6.13. The summed E-state index contributed by atoms with van der Waals surface area (Å²) in [5, 5.41) is 3.50. The van der Waals surface area contributed by atoms with Crippen molar-refractivity contribution in [3.05, 3.63) is 58.6 Å². The quantitative estimate of drug-likeness (QED) is 0.646. The second kappa shape index (κ2) is 10.9. The second-order valence-electron chi connectivity index (χ2n) is 7.28. The molecule has 0 fully saturated rings. The van der Waals surface area contributed by atoms with Gasteiger partial charge >= 0.3 is 0 Å². The van der Waals surface area contributed by atoms with E-state index < -0.39 is 6.04 Å². The molecule has 0 bridgehead atoms. The number of nitrogens with zero attached hydrogens (tertiary/aromatic N) is 1. The minimum absolute atomic E-state index is 0.0950. The number of ether oxygens (including phenoxy) is 2. The van der Waals surface area contributed by atoms with E-state index in [9.17, 15) is 9.59 Å². The molecule has 0 heterocycles. The summed E-state index contributed by atoms with van der Waals surface area (Å²) in [7, 11) is 3.04. The topological polar surface area (TPSA) is 67.9 Å². The fourth-order valence-corrected chi connectivity index (χ4v) is 3.29. The fraction of sp³-hybridized carbons (Fsp3) is 0.391. The van der Waals surface area contributed by atoms with Crippen LogP contribution in [0.4, 0.5) is 0 Å². The number of hydrogen-bond donors (Lipinski definition) is 1. The largest absolute Gasteiger partial charge is 0.497 e. The highest BCUT2D eigenvalue weighted by atomic mass is 35.5. The molecule has 0 spiro atoms. The molecule has 0 aromatic heterocycles. The standard InChI is InChI=1S/C23H29ClN2O4/c1-6-26(14-16-8-7-9-18(24)10-16)23(28)21(15(2)3)25-22(27)17-11-19(29-4)13-20(12-17)30-5/h7-13,15,21H,6,14H2,1-5H3,(H,25,27). The van der Waals surface area contributed by atoms with Crippen LogP contribution in [0, 0.1) is 5.92 Å². The number of rotatable bonds is 9. The van der Waals surface area contributed by atoms with Crippen LogP contribution in [0.1, 0.15) is 36.7 Å². The molecule has 0 aliphatic heterocycles. The molecular formula is C23H29ClN2O4. The smallest absolute Gasteiger partial charge is 0.252 e. The maximum absolute atomic E-state index is 13.2. The summed E-state index contributed by atoms with van der Waals surface area (Å²) >= 11 is 6.07. The lowest BCUT2D eigenvalue weighted by atomic mass is 10.0. The van der Waals surface area contributed by atoms with Crippen molar-refractivity contribution in [3.63, 3.8) is 0 Å². The van der Waals surface area contributed by atoms with Crippen LogP contribution < -0.4 is 14.8 Å². The third-order valence-corrected chi connectivity index (χ3v) is 5.02. The molecule has 162 valence electrons. The Labute approximate surface area is 183 Å². The third-order valence-electron chi connectivity index (χ3n) is 4.79. The lowest BCUT2D eigenvalue weighted by Crippen LogP contribution is -2.51. The molecule has 2 aromatic rings. The number of nitrogens with one attached hydrogen (secondary N) is 1. The average molecular weight is 433 g/mol. The van der Waals surface area contributed by atoms with Crippen molar-refractivity contribution < 1.29 is 19.1 Å². The van der Waals surface area contributed by atoms with Crippen LogP contribution in [0.2, 0.25) is 5.02 Å². The van der Waals surface area contributed by atoms with E-state index >= 15 is 0 Å². The van der Waals surface area contributed by atoms with Crippen LogP contribution in [0.5, 0.6) is 11.5 Å². The first-order chi connectivity index (χ1) is 14.3. The van der Waals surface area contributed by atoms with Gasteiger partial charge in [-0.3, -0.25) is 9.59 Å². The Bertz CT molecular complexity index is 863. The van der Waals surface area contributed by atoms with E-state index in [0.717, 1.165) is 5.56 Å². The molecule has 0 saturated carbocycles. The predicted octanol–water partition coefficient (Wildman–Crippen LogP) is 4.16. The lowest BCUT2D eigenvalue weighted by molar-refractivity contribution is -0.134. The van der Waals surface area contributed by atoms with E-state index in [1.807, 2.05) is 39.0 Å². The van der Waals surface area contributed by atoms with E-state index in [-0.39, 0.29) is 17.7 Å². The van der Waals surface area contributed by atoms with Crippen molar-refractivity contribution >= 4 is 23.4 Å². The first-order valence-corrected chi connectivity index (χ1v) is 10.2. The Balaban J connectivity index is 2.21. The highest BCUT2D eigenvalue weighted by Gasteiger charge is 2.28. The van der Waals surface area contributed by atoms with Gasteiger partial charge in [0.2, 0.25) is 5.91 Å². The molecule has 0 saturated heterocycles. The summed E-state index contributed by atoms with van der Waals surface area (Å²) in [6.07, 6.45) is 0. The van der Waals surface area contributed by atoms with Crippen molar-refractivity contribution in [2.45, 2.75) is 33.4 Å². The minimum Gasteiger partial charge on any atom is -0.497 e. The number of carbonyl (C=O) groups is 2. The Morgan fingerprint density at radius 1 is 1.07 bits per heavy atom. The van der Waals surface area contributed by atoms with Crippen molar-refractivity contribution in [1.82, 2.24) is 10.2 Å². The lowest BCUT2D eigenvalue weighted by Gasteiger charge is -2.29. The highest BCUT2D eigenvalue weighted by Crippen LogP contribution is 2.23. The van der Waals surface area contributed by atoms with Crippen molar-refractivity contribution in [2.75, 3.05) is 20.8 Å². The first kappa shape index (κ1) is 23.5. The van der Waals surface area contributed by atoms with E-state index in [0.29, 0.717) is 35.2 Å². The molecule has 1 unspecified atom stereocenters. The van der Waals surface area contributed by atoms with Crippen LogP contribution >= 0.6 is 11.6 Å². The second-order valence-corrected chi connectivity index (χ2v) is 7.72. The van der Waals surface area contributed by atoms with E-state index in [1.54, 1.807) is 29.2 Å². The summed E-state index contributed by atoms with van der Waals surface area (Å²) in [5.74, 6) is 0.405. The van der Waals surface area contributed by atoms with Gasteiger partial charge in [-0.1, -0.05) is 37.6 Å². The Morgan fingerprint density at radius 3 is 2.20 bits per heavy atom. The van der Waals surface area contributed by atoms with Crippen molar-refractivity contribution in [1.29, 1.82) is 0 Å². The Morgan fingerprint density at radius 2 is 1.70 bits per heavy atom. The van der Waals surface area contributed by atoms with Gasteiger partial charge in [-0.2, -0.15) is 0 Å². The predicted molar refractivity (Wildman–Crippen MR) is 118 cm³/mol. The molecule has 6 nitrogen and oxygen atoms in total. The molecule has 0 radical (unpaired) electrons. The van der Waals surface area contributed by atoms with E-state index in [2.05, 4.69) is 5.32 Å². The zero-order valence-electron chi connectivity index (χ0n) is 18.1. The summed E-state index contributed by atoms with van der Waals surface area (Å²) in [6, 6.07) is 11.7. The summed E-state index contributed by atoms with van der Waals surface area (Å²) in [4.78, 5) is 27.9. The first-order valence-electron chi connectivity index (χ1n) is 9.86. The molecule has 30 heavy (non-hydrogen) atoms. The number of methoxy groups -OCH3 is 2. The SMILES string of the molecule is CCN(Cc1cccc(Cl)c1)C(=O)C(NC(=O)c1cc(OC)cc(OC)c1)C(C)C. The van der Waals surface area contributed by atoms with Gasteiger partial charge in [0.25, 0.3) is 5.91 Å². The number of amides is 2. The van der Waals surface area contributed by atoms with Gasteiger partial charge in [0.05, 0.1) is 14.2 Å². The van der Waals surface area contributed by atoms with Crippen LogP contribution in [-0.4, -0.2) is 43.5 Å². The maximum atomic E-state index is 13.2. The molecule has 1 N–H and O–H groups in total. The monoisotopic (exact) mass is 432 g/mol. The summed E-state index contributed by atoms with van der Waals surface area (Å²) in [5.41, 5.74) is 1.30. The molecule has 2 amide bonds. The highest BCUT2D eigenvalue weighted by molar-refractivity contribution is 6.30. The van der Waals surface area contributed by atoms with Crippen molar-refractivity contribution in [2.24, 2.45) is 5.92 Å². The Hall–Kier alpha value is -2.73. The van der Waals surface area contributed by atoms with Gasteiger partial charge in [-0.15, -0.1) is 0 Å². The number of carbonyl (C=O) groups excluding carboxylic acids is 2. The number of benzene rings is 2. The molecular weight excluding hydrogens is 404 g/mol. The van der Waals surface area contributed by atoms with Crippen molar-refractivity contribution in [3.8, 4) is 11.5 Å². The van der Waals surface area contributed by atoms with Gasteiger partial charge in [0, 0.05) is 29.7 Å². The number of likely N-dealkylation sites (N-methyl/N-ethyl adjacent to an activating group) is 1. The van der Waals surface area contributed by atoms with E-state index in [1.165, 1.54) is 14.2 Å². The molecule has 0 aliphatic rings. The minimum atomic E-state index is -0.672. The zero-order chi connectivity index (χ0) is 22.3. The molecule has 2 aromatic carbocycles. The normalized spacial score (nSPS) is 11.7. The molecule has 7 heteroatoms. The molecule has 2 rings (SSSR count). The van der Waals surface area contributed by atoms with Crippen LogP contribution in [0.15, 0.2) is 42.5 Å². The van der Waals surface area contributed by atoms with Gasteiger partial charge in [-0.25, -0.2) is 0 Å². The summed E-state index contributed by atoms with van der Waals surface area (Å²) < 4.78 is 10.5. The number of hydrogen-bond acceptors (Lipinski definition) is 4. The maximum Gasteiger partial charge on any atom is 0.252 e. The average Bonchev–Trinajstić information content (AvgIpc) is 2.74. The molecule has 1 atom stereocenters. The van der Waals surface area contributed by atoms with Crippen LogP contribution in [0.3, 0.4) is 0 Å². The Kier molecular flexibility index (Phi) is 8.54. The van der Waals surface area contributed by atoms with Gasteiger partial charge in [0.1, 0.15) is 17.5 Å². The van der Waals surface area contributed by atoms with Crippen LogP contribution in [0.25, 0.3) is 0 Å². The summed E-state index contributed by atoms with van der Waals surface area (Å²) in [6.45, 7) is 6.65. The van der Waals surface area contributed by atoms with E-state index in [4.69, 9.17) is 21.1 Å². The zero-order valence-corrected chi connectivity index (χ0v) is 18.8. The van der Waals surface area contributed by atoms with Gasteiger partial charge in [0.15, 0.2) is 0 Å². The number of halogens is 1. The van der Waals surface area contributed by atoms with Gasteiger partial charge < -0.3 is 19.7 Å².